The molecule has 1 aromatic heterocycles. The first kappa shape index (κ1) is 10.4. The summed E-state index contributed by atoms with van der Waals surface area (Å²) >= 11 is 0. The minimum absolute atomic E-state index is 0.156. The van der Waals surface area contributed by atoms with Crippen LogP contribution >= 0.6 is 0 Å². The quantitative estimate of drug-likeness (QED) is 0.831. The summed E-state index contributed by atoms with van der Waals surface area (Å²) in [6.07, 6.45) is 3.37. The van der Waals surface area contributed by atoms with Gasteiger partial charge in [0, 0.05) is 22.5 Å². The third-order valence-corrected chi connectivity index (χ3v) is 3.66. The Bertz CT molecular complexity index is 571. The van der Waals surface area contributed by atoms with Crippen LogP contribution in [-0.2, 0) is 11.2 Å². The van der Waals surface area contributed by atoms with Crippen LogP contribution in [0.25, 0.3) is 10.9 Å². The Kier molecular flexibility index (Phi) is 2.39. The molecule has 1 heterocycles. The standard InChI is InChI=1S/C14H15NO2/c16-13(17)8-9-4-3-6-11-10-5-1-2-7-12(10)15-14(9)11/h1-2,5,7,9,15H,3-4,6,8H2,(H,16,17)/t9-/m1/s1. The fraction of sp³-hybridized carbons (Fsp3) is 0.357. The predicted octanol–water partition coefficient (Wildman–Crippen LogP) is 3.06. The maximum Gasteiger partial charge on any atom is 0.304 e. The van der Waals surface area contributed by atoms with Gasteiger partial charge in [0.25, 0.3) is 0 Å². The number of nitrogens with one attached hydrogen (secondary N) is 1. The number of aryl methyl sites for hydroxylation is 1. The van der Waals surface area contributed by atoms with E-state index >= 15 is 0 Å². The number of aromatic amines is 1. The summed E-state index contributed by atoms with van der Waals surface area (Å²) in [7, 11) is 0. The maximum atomic E-state index is 10.9. The van der Waals surface area contributed by atoms with Gasteiger partial charge in [0.1, 0.15) is 0 Å². The first-order chi connectivity index (χ1) is 8.25. The lowest BCUT2D eigenvalue weighted by Crippen LogP contribution is -2.13. The Hall–Kier alpha value is -1.77. The molecule has 88 valence electrons. The van der Waals surface area contributed by atoms with E-state index in [1.54, 1.807) is 0 Å². The van der Waals surface area contributed by atoms with E-state index in [0.29, 0.717) is 0 Å². The van der Waals surface area contributed by atoms with Crippen LogP contribution in [-0.4, -0.2) is 16.1 Å². The van der Waals surface area contributed by atoms with E-state index in [-0.39, 0.29) is 12.3 Å². The number of carboxylic acid groups (broad SMARTS) is 1. The molecule has 1 atom stereocenters. The number of rotatable bonds is 2. The number of H-pyrrole nitrogens is 1. The molecule has 0 fully saturated rings. The van der Waals surface area contributed by atoms with Crippen molar-refractivity contribution in [1.82, 2.24) is 4.98 Å². The van der Waals surface area contributed by atoms with Gasteiger partial charge in [-0.2, -0.15) is 0 Å². The maximum absolute atomic E-state index is 10.9. The van der Waals surface area contributed by atoms with E-state index in [2.05, 4.69) is 17.1 Å². The summed E-state index contributed by atoms with van der Waals surface area (Å²) in [5.41, 5.74) is 3.62. The third kappa shape index (κ3) is 1.71. The molecule has 0 saturated heterocycles. The first-order valence-electron chi connectivity index (χ1n) is 6.07. The highest BCUT2D eigenvalue weighted by Gasteiger charge is 2.25. The topological polar surface area (TPSA) is 53.1 Å². The molecule has 2 aromatic rings. The number of aromatic nitrogens is 1. The van der Waals surface area contributed by atoms with Crippen molar-refractivity contribution >= 4 is 16.9 Å². The van der Waals surface area contributed by atoms with Gasteiger partial charge < -0.3 is 10.1 Å². The molecule has 3 rings (SSSR count). The van der Waals surface area contributed by atoms with Crippen LogP contribution in [0.4, 0.5) is 0 Å². The molecule has 17 heavy (non-hydrogen) atoms. The highest BCUT2D eigenvalue weighted by atomic mass is 16.4. The van der Waals surface area contributed by atoms with E-state index in [1.807, 2.05) is 12.1 Å². The second-order valence-corrected chi connectivity index (χ2v) is 4.75. The molecule has 3 heteroatoms. The summed E-state index contributed by atoms with van der Waals surface area (Å²) in [5, 5.41) is 10.2. The number of benzene rings is 1. The van der Waals surface area contributed by atoms with Crippen molar-refractivity contribution in [3.8, 4) is 0 Å². The highest BCUT2D eigenvalue weighted by molar-refractivity contribution is 5.85. The average molecular weight is 229 g/mol. The van der Waals surface area contributed by atoms with E-state index in [4.69, 9.17) is 5.11 Å². The van der Waals surface area contributed by atoms with Crippen molar-refractivity contribution in [3.05, 3.63) is 35.5 Å². The largest absolute Gasteiger partial charge is 0.481 e. The summed E-state index contributed by atoms with van der Waals surface area (Å²) in [6.45, 7) is 0. The lowest BCUT2D eigenvalue weighted by atomic mass is 9.85. The minimum Gasteiger partial charge on any atom is -0.481 e. The molecule has 0 bridgehead atoms. The van der Waals surface area contributed by atoms with Gasteiger partial charge in [-0.05, 0) is 30.9 Å². The zero-order chi connectivity index (χ0) is 11.8. The van der Waals surface area contributed by atoms with Crippen molar-refractivity contribution in [2.45, 2.75) is 31.6 Å². The molecule has 3 nitrogen and oxygen atoms in total. The Morgan fingerprint density at radius 1 is 1.41 bits per heavy atom. The van der Waals surface area contributed by atoms with Gasteiger partial charge in [0.15, 0.2) is 0 Å². The summed E-state index contributed by atoms with van der Waals surface area (Å²) in [5.74, 6) is -0.551. The van der Waals surface area contributed by atoms with E-state index in [1.165, 1.54) is 10.9 Å². The van der Waals surface area contributed by atoms with Crippen LogP contribution in [0.1, 0.15) is 36.4 Å². The molecule has 0 saturated carbocycles. The second-order valence-electron chi connectivity index (χ2n) is 4.75. The summed E-state index contributed by atoms with van der Waals surface area (Å²) in [6, 6.07) is 8.23. The highest BCUT2D eigenvalue weighted by Crippen LogP contribution is 2.37. The smallest absolute Gasteiger partial charge is 0.304 e. The lowest BCUT2D eigenvalue weighted by molar-refractivity contribution is -0.137. The molecule has 0 unspecified atom stereocenters. The summed E-state index contributed by atoms with van der Waals surface area (Å²) in [4.78, 5) is 14.3. The van der Waals surface area contributed by atoms with E-state index < -0.39 is 5.97 Å². The van der Waals surface area contributed by atoms with Crippen LogP contribution in [0, 0.1) is 0 Å². The van der Waals surface area contributed by atoms with Crippen molar-refractivity contribution in [2.75, 3.05) is 0 Å². The SMILES string of the molecule is O=C(O)C[C@H]1CCCc2c1[nH]c1ccccc21. The average Bonchev–Trinajstić information content (AvgIpc) is 2.68. The zero-order valence-electron chi connectivity index (χ0n) is 9.57. The monoisotopic (exact) mass is 229 g/mol. The molecule has 0 amide bonds. The Labute approximate surface area is 99.5 Å². The van der Waals surface area contributed by atoms with Crippen molar-refractivity contribution in [1.29, 1.82) is 0 Å². The summed E-state index contributed by atoms with van der Waals surface area (Å²) < 4.78 is 0. The van der Waals surface area contributed by atoms with Crippen LogP contribution < -0.4 is 0 Å². The van der Waals surface area contributed by atoms with Gasteiger partial charge >= 0.3 is 5.97 Å². The predicted molar refractivity (Wildman–Crippen MR) is 66.2 cm³/mol. The molecule has 2 N–H and O–H groups in total. The van der Waals surface area contributed by atoms with Gasteiger partial charge in [0.05, 0.1) is 6.42 Å². The Morgan fingerprint density at radius 2 is 2.24 bits per heavy atom. The lowest BCUT2D eigenvalue weighted by Gasteiger charge is -2.20. The van der Waals surface area contributed by atoms with Crippen molar-refractivity contribution in [3.63, 3.8) is 0 Å². The van der Waals surface area contributed by atoms with E-state index in [9.17, 15) is 4.79 Å². The number of fused-ring (bicyclic) bond motifs is 3. The second kappa shape index (κ2) is 3.91. The molecule has 1 aliphatic carbocycles. The molecule has 0 radical (unpaired) electrons. The van der Waals surface area contributed by atoms with Crippen molar-refractivity contribution in [2.24, 2.45) is 0 Å². The fourth-order valence-corrected chi connectivity index (χ4v) is 2.92. The minimum atomic E-state index is -0.707. The normalized spacial score (nSPS) is 19.2. The number of hydrogen-bond acceptors (Lipinski definition) is 1. The first-order valence-corrected chi connectivity index (χ1v) is 6.07. The Morgan fingerprint density at radius 3 is 3.06 bits per heavy atom. The third-order valence-electron chi connectivity index (χ3n) is 3.66. The van der Waals surface area contributed by atoms with Gasteiger partial charge in [-0.3, -0.25) is 4.79 Å². The molecular weight excluding hydrogens is 214 g/mol. The number of carbonyl (C=O) groups is 1. The van der Waals surface area contributed by atoms with Gasteiger partial charge in [-0.15, -0.1) is 0 Å². The van der Waals surface area contributed by atoms with Crippen LogP contribution in [0.2, 0.25) is 0 Å². The van der Waals surface area contributed by atoms with Crippen LogP contribution in [0.5, 0.6) is 0 Å². The van der Waals surface area contributed by atoms with Crippen molar-refractivity contribution < 1.29 is 9.90 Å². The molecule has 1 aliphatic rings. The van der Waals surface area contributed by atoms with Gasteiger partial charge in [-0.1, -0.05) is 18.2 Å². The zero-order valence-corrected chi connectivity index (χ0v) is 9.57. The molecule has 0 spiro atoms. The fourth-order valence-electron chi connectivity index (χ4n) is 2.92. The number of para-hydroxylation sites is 1. The van der Waals surface area contributed by atoms with Gasteiger partial charge in [0.2, 0.25) is 0 Å². The van der Waals surface area contributed by atoms with Crippen LogP contribution in [0.15, 0.2) is 24.3 Å². The van der Waals surface area contributed by atoms with Gasteiger partial charge in [-0.25, -0.2) is 0 Å². The van der Waals surface area contributed by atoms with Crippen LogP contribution in [0.3, 0.4) is 0 Å². The molecular formula is C14H15NO2. The molecule has 1 aromatic carbocycles. The number of hydrogen-bond donors (Lipinski definition) is 2. The Balaban J connectivity index is 2.10. The number of carboxylic acids is 1. The van der Waals surface area contributed by atoms with E-state index in [0.717, 1.165) is 30.5 Å². The number of aliphatic carboxylic acids is 1. The molecule has 0 aliphatic heterocycles.